The van der Waals surface area contributed by atoms with E-state index in [1.54, 1.807) is 0 Å². The number of piperazine rings is 1. The van der Waals surface area contributed by atoms with Crippen LogP contribution in [0.25, 0.3) is 0 Å². The monoisotopic (exact) mass is 332 g/mol. The van der Waals surface area contributed by atoms with Crippen molar-refractivity contribution in [2.75, 3.05) is 19.6 Å². The van der Waals surface area contributed by atoms with Crippen LogP contribution >= 0.6 is 28.3 Å². The number of benzene rings is 1. The first-order valence-electron chi connectivity index (χ1n) is 5.87. The first-order valence-corrected chi connectivity index (χ1v) is 6.66. The Morgan fingerprint density at radius 3 is 2.83 bits per heavy atom. The average molecular weight is 334 g/mol. The normalized spacial score (nSPS) is 19.3. The fourth-order valence-corrected chi connectivity index (χ4v) is 2.75. The molecule has 0 aliphatic carbocycles. The molecule has 1 aliphatic heterocycles. The summed E-state index contributed by atoms with van der Waals surface area (Å²) in [5.74, 6) is 0.117. The zero-order chi connectivity index (χ0) is 12.4. The van der Waals surface area contributed by atoms with Crippen LogP contribution in [0.2, 0.25) is 0 Å². The molecule has 0 saturated carbocycles. The van der Waals surface area contributed by atoms with E-state index in [0.717, 1.165) is 35.2 Å². The highest BCUT2D eigenvalue weighted by molar-refractivity contribution is 9.10. The molecule has 0 bridgehead atoms. The predicted octanol–water partition coefficient (Wildman–Crippen LogP) is 2.61. The van der Waals surface area contributed by atoms with Crippen LogP contribution in [-0.2, 0) is 0 Å². The van der Waals surface area contributed by atoms with E-state index in [4.69, 9.17) is 0 Å². The third-order valence-corrected chi connectivity index (χ3v) is 3.77. The van der Waals surface area contributed by atoms with Gasteiger partial charge in [0.2, 0.25) is 0 Å². The highest BCUT2D eigenvalue weighted by Crippen LogP contribution is 2.21. The molecular formula is C13H18BrClN2O. The van der Waals surface area contributed by atoms with Gasteiger partial charge < -0.3 is 10.2 Å². The van der Waals surface area contributed by atoms with Gasteiger partial charge >= 0.3 is 0 Å². The van der Waals surface area contributed by atoms with E-state index in [0.29, 0.717) is 0 Å². The fourth-order valence-electron chi connectivity index (χ4n) is 2.09. The van der Waals surface area contributed by atoms with Crippen molar-refractivity contribution in [3.63, 3.8) is 0 Å². The highest BCUT2D eigenvalue weighted by Gasteiger charge is 2.25. The summed E-state index contributed by atoms with van der Waals surface area (Å²) in [5, 5.41) is 3.29. The zero-order valence-electron chi connectivity index (χ0n) is 10.6. The van der Waals surface area contributed by atoms with Crippen molar-refractivity contribution in [3.8, 4) is 0 Å². The summed E-state index contributed by atoms with van der Waals surface area (Å²) in [6.07, 6.45) is 0. The van der Waals surface area contributed by atoms with Crippen LogP contribution in [0.1, 0.15) is 22.8 Å². The minimum absolute atomic E-state index is 0. The number of carbonyl (C=O) groups is 1. The molecule has 1 amide bonds. The molecule has 0 unspecified atom stereocenters. The Bertz CT molecular complexity index is 439. The molecule has 1 aromatic carbocycles. The first kappa shape index (κ1) is 15.5. The molecule has 0 aromatic heterocycles. The topological polar surface area (TPSA) is 32.3 Å². The third kappa shape index (κ3) is 3.25. The van der Waals surface area contributed by atoms with Gasteiger partial charge in [0.25, 0.3) is 5.91 Å². The molecule has 1 aromatic rings. The number of nitrogens with one attached hydrogen (secondary N) is 1. The summed E-state index contributed by atoms with van der Waals surface area (Å²) < 4.78 is 0.883. The molecule has 1 fully saturated rings. The van der Waals surface area contributed by atoms with E-state index in [1.807, 2.05) is 30.0 Å². The highest BCUT2D eigenvalue weighted by atomic mass is 79.9. The second kappa shape index (κ2) is 6.55. The summed E-state index contributed by atoms with van der Waals surface area (Å²) >= 11 is 3.47. The smallest absolute Gasteiger partial charge is 0.255 e. The average Bonchev–Trinajstić information content (AvgIpc) is 2.29. The zero-order valence-corrected chi connectivity index (χ0v) is 13.0. The van der Waals surface area contributed by atoms with Crippen LogP contribution in [0, 0.1) is 6.92 Å². The summed E-state index contributed by atoms with van der Waals surface area (Å²) in [7, 11) is 0. The standard InChI is InChI=1S/C13H17BrN2O.ClH/c1-9-3-4-11(12(14)7-9)13(17)16-6-5-15-8-10(16)2;/h3-4,7,10,15H,5-6,8H2,1-2H3;1H/t10-;/m0./s1. The number of nitrogens with zero attached hydrogens (tertiary/aromatic N) is 1. The Labute approximate surface area is 122 Å². The summed E-state index contributed by atoms with van der Waals surface area (Å²) in [6.45, 7) is 6.62. The van der Waals surface area contributed by atoms with Crippen LogP contribution in [0.15, 0.2) is 22.7 Å². The fraction of sp³-hybridized carbons (Fsp3) is 0.462. The van der Waals surface area contributed by atoms with Gasteiger partial charge in [-0.25, -0.2) is 0 Å². The summed E-state index contributed by atoms with van der Waals surface area (Å²) in [4.78, 5) is 14.3. The first-order chi connectivity index (χ1) is 8.09. The van der Waals surface area contributed by atoms with E-state index < -0.39 is 0 Å². The molecule has 100 valence electrons. The number of hydrogen-bond acceptors (Lipinski definition) is 2. The Morgan fingerprint density at radius 1 is 1.50 bits per heavy atom. The molecule has 1 N–H and O–H groups in total. The van der Waals surface area contributed by atoms with E-state index in [2.05, 4.69) is 28.2 Å². The van der Waals surface area contributed by atoms with E-state index in [9.17, 15) is 4.79 Å². The molecule has 1 saturated heterocycles. The van der Waals surface area contributed by atoms with Crippen molar-refractivity contribution in [1.29, 1.82) is 0 Å². The van der Waals surface area contributed by atoms with E-state index in [-0.39, 0.29) is 24.4 Å². The summed E-state index contributed by atoms with van der Waals surface area (Å²) in [6, 6.07) is 6.12. The van der Waals surface area contributed by atoms with Gasteiger partial charge in [0.15, 0.2) is 0 Å². The Kier molecular flexibility index (Phi) is 5.63. The maximum Gasteiger partial charge on any atom is 0.255 e. The van der Waals surface area contributed by atoms with Crippen LogP contribution in [0.4, 0.5) is 0 Å². The number of hydrogen-bond donors (Lipinski definition) is 1. The van der Waals surface area contributed by atoms with Gasteiger partial charge in [-0.3, -0.25) is 4.79 Å². The van der Waals surface area contributed by atoms with Crippen molar-refractivity contribution >= 4 is 34.2 Å². The van der Waals surface area contributed by atoms with Gasteiger partial charge in [0.05, 0.1) is 5.56 Å². The molecule has 0 radical (unpaired) electrons. The Balaban J connectivity index is 0.00000162. The number of amides is 1. The number of halogens is 2. The minimum atomic E-state index is 0. The SMILES string of the molecule is Cc1ccc(C(=O)N2CCNC[C@@H]2C)c(Br)c1.Cl. The number of aryl methyl sites for hydroxylation is 1. The van der Waals surface area contributed by atoms with E-state index >= 15 is 0 Å². The second-order valence-electron chi connectivity index (χ2n) is 4.53. The quantitative estimate of drug-likeness (QED) is 0.857. The maximum atomic E-state index is 12.4. The molecular weight excluding hydrogens is 316 g/mol. The summed E-state index contributed by atoms with van der Waals surface area (Å²) in [5.41, 5.74) is 1.91. The molecule has 5 heteroatoms. The largest absolute Gasteiger partial charge is 0.333 e. The lowest BCUT2D eigenvalue weighted by atomic mass is 10.1. The second-order valence-corrected chi connectivity index (χ2v) is 5.39. The Morgan fingerprint density at radius 2 is 2.22 bits per heavy atom. The molecule has 18 heavy (non-hydrogen) atoms. The van der Waals surface area contributed by atoms with Gasteiger partial charge in [0.1, 0.15) is 0 Å². The van der Waals surface area contributed by atoms with Crippen molar-refractivity contribution in [2.24, 2.45) is 0 Å². The number of carbonyl (C=O) groups excluding carboxylic acids is 1. The molecule has 0 spiro atoms. The lowest BCUT2D eigenvalue weighted by Gasteiger charge is -2.34. The molecule has 1 atom stereocenters. The number of rotatable bonds is 1. The van der Waals surface area contributed by atoms with Crippen molar-refractivity contribution in [3.05, 3.63) is 33.8 Å². The van der Waals surface area contributed by atoms with E-state index in [1.165, 1.54) is 0 Å². The predicted molar refractivity (Wildman–Crippen MR) is 79.5 cm³/mol. The van der Waals surface area contributed by atoms with Crippen molar-refractivity contribution < 1.29 is 4.79 Å². The van der Waals surface area contributed by atoms with Gasteiger partial charge in [-0.1, -0.05) is 6.07 Å². The van der Waals surface area contributed by atoms with Gasteiger partial charge in [-0.2, -0.15) is 0 Å². The molecule has 2 rings (SSSR count). The third-order valence-electron chi connectivity index (χ3n) is 3.12. The lowest BCUT2D eigenvalue weighted by Crippen LogP contribution is -2.52. The minimum Gasteiger partial charge on any atom is -0.333 e. The van der Waals surface area contributed by atoms with Crippen molar-refractivity contribution in [1.82, 2.24) is 10.2 Å². The van der Waals surface area contributed by atoms with Crippen molar-refractivity contribution in [2.45, 2.75) is 19.9 Å². The maximum absolute atomic E-state index is 12.4. The van der Waals surface area contributed by atoms with Gasteiger partial charge in [-0.15, -0.1) is 12.4 Å². The van der Waals surface area contributed by atoms with Crippen LogP contribution in [0.3, 0.4) is 0 Å². The van der Waals surface area contributed by atoms with Crippen LogP contribution < -0.4 is 5.32 Å². The van der Waals surface area contributed by atoms with Crippen LogP contribution in [-0.4, -0.2) is 36.5 Å². The Hall–Kier alpha value is -0.580. The lowest BCUT2D eigenvalue weighted by molar-refractivity contribution is 0.0655. The van der Waals surface area contributed by atoms with Crippen LogP contribution in [0.5, 0.6) is 0 Å². The molecule has 3 nitrogen and oxygen atoms in total. The van der Waals surface area contributed by atoms with Gasteiger partial charge in [-0.05, 0) is 47.5 Å². The van der Waals surface area contributed by atoms with Gasteiger partial charge in [0, 0.05) is 30.1 Å². The molecule has 1 heterocycles. The molecule has 1 aliphatic rings.